The molecule has 2 aromatic heterocycles. The van der Waals surface area contributed by atoms with E-state index in [9.17, 15) is 4.79 Å². The summed E-state index contributed by atoms with van der Waals surface area (Å²) < 4.78 is 1.87. The fourth-order valence-corrected chi connectivity index (χ4v) is 1.38. The standard InChI is InChI=1S/C10H10N2O/c1-7-3-4-9-10(8(2)13)11-6-12(9)5-7/h3-6H,1-2H3. The summed E-state index contributed by atoms with van der Waals surface area (Å²) in [4.78, 5) is 15.2. The molecule has 0 aromatic carbocycles. The zero-order valence-electron chi connectivity index (χ0n) is 7.61. The number of carbonyl (C=O) groups excluding carboxylic acids is 1. The van der Waals surface area contributed by atoms with E-state index in [0.717, 1.165) is 11.1 Å². The van der Waals surface area contributed by atoms with E-state index in [0.29, 0.717) is 5.69 Å². The lowest BCUT2D eigenvalue weighted by molar-refractivity contribution is 0.101. The van der Waals surface area contributed by atoms with E-state index in [2.05, 4.69) is 4.98 Å². The molecule has 0 aliphatic carbocycles. The third kappa shape index (κ3) is 1.22. The monoisotopic (exact) mass is 174 g/mol. The number of aryl methyl sites for hydroxylation is 1. The van der Waals surface area contributed by atoms with Gasteiger partial charge in [0, 0.05) is 13.1 Å². The highest BCUT2D eigenvalue weighted by Crippen LogP contribution is 2.10. The van der Waals surface area contributed by atoms with Crippen molar-refractivity contribution in [1.82, 2.24) is 9.38 Å². The Labute approximate surface area is 76.0 Å². The molecular formula is C10H10N2O. The molecule has 0 bridgehead atoms. The fourth-order valence-electron chi connectivity index (χ4n) is 1.38. The van der Waals surface area contributed by atoms with Gasteiger partial charge in [-0.05, 0) is 18.6 Å². The first kappa shape index (κ1) is 7.98. The second-order valence-corrected chi connectivity index (χ2v) is 3.15. The van der Waals surface area contributed by atoms with Crippen molar-refractivity contribution in [2.45, 2.75) is 13.8 Å². The number of aromatic nitrogens is 2. The van der Waals surface area contributed by atoms with E-state index in [-0.39, 0.29) is 5.78 Å². The van der Waals surface area contributed by atoms with E-state index in [4.69, 9.17) is 0 Å². The number of hydrogen-bond donors (Lipinski definition) is 0. The van der Waals surface area contributed by atoms with Gasteiger partial charge in [-0.1, -0.05) is 6.07 Å². The Balaban J connectivity index is 2.76. The summed E-state index contributed by atoms with van der Waals surface area (Å²) in [6.07, 6.45) is 3.62. The Morgan fingerprint density at radius 3 is 2.92 bits per heavy atom. The van der Waals surface area contributed by atoms with Crippen LogP contribution >= 0.6 is 0 Å². The largest absolute Gasteiger partial charge is 0.305 e. The van der Waals surface area contributed by atoms with Crippen LogP contribution in [0.25, 0.3) is 5.52 Å². The van der Waals surface area contributed by atoms with Gasteiger partial charge in [0.25, 0.3) is 0 Å². The van der Waals surface area contributed by atoms with Gasteiger partial charge in [0.15, 0.2) is 5.78 Å². The van der Waals surface area contributed by atoms with Crippen LogP contribution in [0.4, 0.5) is 0 Å². The Morgan fingerprint density at radius 2 is 2.23 bits per heavy atom. The van der Waals surface area contributed by atoms with Crippen LogP contribution in [0.15, 0.2) is 24.7 Å². The normalized spacial score (nSPS) is 10.6. The first-order chi connectivity index (χ1) is 6.18. The molecule has 3 nitrogen and oxygen atoms in total. The predicted molar refractivity (Wildman–Crippen MR) is 49.9 cm³/mol. The molecule has 3 heteroatoms. The lowest BCUT2D eigenvalue weighted by atomic mass is 10.2. The Kier molecular flexibility index (Phi) is 1.65. The van der Waals surface area contributed by atoms with E-state index >= 15 is 0 Å². The molecule has 0 atom stereocenters. The summed E-state index contributed by atoms with van der Waals surface area (Å²) in [7, 11) is 0. The minimum Gasteiger partial charge on any atom is -0.305 e. The van der Waals surface area contributed by atoms with Gasteiger partial charge in [-0.15, -0.1) is 0 Å². The predicted octanol–water partition coefficient (Wildman–Crippen LogP) is 1.85. The molecule has 0 N–H and O–H groups in total. The van der Waals surface area contributed by atoms with E-state index < -0.39 is 0 Å². The number of nitrogens with zero attached hydrogens (tertiary/aromatic N) is 2. The number of fused-ring (bicyclic) bond motifs is 1. The van der Waals surface area contributed by atoms with Crippen molar-refractivity contribution >= 4 is 11.3 Å². The summed E-state index contributed by atoms with van der Waals surface area (Å²) in [5.74, 6) is 0.00588. The van der Waals surface area contributed by atoms with Crippen molar-refractivity contribution in [3.05, 3.63) is 35.9 Å². The number of Topliss-reactive ketones (excluding diaryl/α,β-unsaturated/α-hetero) is 1. The van der Waals surface area contributed by atoms with Crippen molar-refractivity contribution in [1.29, 1.82) is 0 Å². The number of ketones is 1. The van der Waals surface area contributed by atoms with Gasteiger partial charge in [-0.25, -0.2) is 4.98 Å². The van der Waals surface area contributed by atoms with Crippen LogP contribution in [0.5, 0.6) is 0 Å². The van der Waals surface area contributed by atoms with Gasteiger partial charge in [-0.2, -0.15) is 0 Å². The molecule has 0 aliphatic rings. The molecule has 0 amide bonds. The summed E-state index contributed by atoms with van der Waals surface area (Å²) in [6.45, 7) is 3.54. The Morgan fingerprint density at radius 1 is 1.46 bits per heavy atom. The number of carbonyl (C=O) groups is 1. The van der Waals surface area contributed by atoms with Gasteiger partial charge in [0.2, 0.25) is 0 Å². The summed E-state index contributed by atoms with van der Waals surface area (Å²) in [5, 5.41) is 0. The average molecular weight is 174 g/mol. The van der Waals surface area contributed by atoms with Crippen LogP contribution in [-0.2, 0) is 0 Å². The number of pyridine rings is 1. The van der Waals surface area contributed by atoms with Crippen LogP contribution < -0.4 is 0 Å². The number of hydrogen-bond acceptors (Lipinski definition) is 2. The maximum Gasteiger partial charge on any atom is 0.180 e. The average Bonchev–Trinajstić information content (AvgIpc) is 2.46. The maximum absolute atomic E-state index is 11.1. The fraction of sp³-hybridized carbons (Fsp3) is 0.200. The minimum atomic E-state index is 0.00588. The molecule has 0 aliphatic heterocycles. The Hall–Kier alpha value is -1.64. The zero-order valence-corrected chi connectivity index (χ0v) is 7.61. The lowest BCUT2D eigenvalue weighted by Crippen LogP contribution is -1.93. The highest BCUT2D eigenvalue weighted by atomic mass is 16.1. The van der Waals surface area contributed by atoms with E-state index in [1.165, 1.54) is 6.92 Å². The highest BCUT2D eigenvalue weighted by molar-refractivity contribution is 5.98. The van der Waals surface area contributed by atoms with Crippen molar-refractivity contribution in [3.8, 4) is 0 Å². The van der Waals surface area contributed by atoms with Gasteiger partial charge in [0.1, 0.15) is 12.0 Å². The molecule has 0 spiro atoms. The molecule has 13 heavy (non-hydrogen) atoms. The molecule has 0 radical (unpaired) electrons. The van der Waals surface area contributed by atoms with E-state index in [1.54, 1.807) is 6.33 Å². The molecule has 2 rings (SSSR count). The summed E-state index contributed by atoms with van der Waals surface area (Å²) >= 11 is 0. The van der Waals surface area contributed by atoms with Crippen LogP contribution in [0.3, 0.4) is 0 Å². The third-order valence-electron chi connectivity index (χ3n) is 2.01. The van der Waals surface area contributed by atoms with Crippen LogP contribution in [0, 0.1) is 6.92 Å². The quantitative estimate of drug-likeness (QED) is 0.618. The van der Waals surface area contributed by atoms with Gasteiger partial charge in [-0.3, -0.25) is 4.79 Å². The molecule has 0 saturated carbocycles. The zero-order chi connectivity index (χ0) is 9.42. The van der Waals surface area contributed by atoms with Crippen molar-refractivity contribution in [2.24, 2.45) is 0 Å². The van der Waals surface area contributed by atoms with Gasteiger partial charge < -0.3 is 4.40 Å². The molecule has 0 saturated heterocycles. The first-order valence-corrected chi connectivity index (χ1v) is 4.13. The number of rotatable bonds is 1. The van der Waals surface area contributed by atoms with Gasteiger partial charge in [0.05, 0.1) is 5.52 Å². The first-order valence-electron chi connectivity index (χ1n) is 4.13. The highest BCUT2D eigenvalue weighted by Gasteiger charge is 2.07. The lowest BCUT2D eigenvalue weighted by Gasteiger charge is -1.96. The van der Waals surface area contributed by atoms with Crippen LogP contribution in [0.1, 0.15) is 23.0 Å². The molecule has 66 valence electrons. The van der Waals surface area contributed by atoms with Crippen molar-refractivity contribution in [2.75, 3.05) is 0 Å². The van der Waals surface area contributed by atoms with Crippen molar-refractivity contribution < 1.29 is 4.79 Å². The molecular weight excluding hydrogens is 164 g/mol. The third-order valence-corrected chi connectivity index (χ3v) is 2.01. The minimum absolute atomic E-state index is 0.00588. The second kappa shape index (κ2) is 2.69. The smallest absolute Gasteiger partial charge is 0.180 e. The Bertz CT molecular complexity index is 471. The summed E-state index contributed by atoms with van der Waals surface area (Å²) in [6, 6.07) is 3.89. The van der Waals surface area contributed by atoms with Gasteiger partial charge >= 0.3 is 0 Å². The molecule has 2 heterocycles. The molecule has 2 aromatic rings. The SMILES string of the molecule is CC(=O)c1ncn2cc(C)ccc12. The maximum atomic E-state index is 11.1. The van der Waals surface area contributed by atoms with Crippen molar-refractivity contribution in [3.63, 3.8) is 0 Å². The second-order valence-electron chi connectivity index (χ2n) is 3.15. The topological polar surface area (TPSA) is 34.4 Å². The molecule has 0 fully saturated rings. The molecule has 0 unspecified atom stereocenters. The summed E-state index contributed by atoms with van der Waals surface area (Å²) in [5.41, 5.74) is 2.57. The van der Waals surface area contributed by atoms with Crippen LogP contribution in [0.2, 0.25) is 0 Å². The van der Waals surface area contributed by atoms with Crippen LogP contribution in [-0.4, -0.2) is 15.2 Å². The van der Waals surface area contributed by atoms with E-state index in [1.807, 2.05) is 29.7 Å². The number of imidazole rings is 1.